The molecule has 0 aromatic heterocycles. The zero-order chi connectivity index (χ0) is 19.4. The highest BCUT2D eigenvalue weighted by Gasteiger charge is 2.37. The minimum Gasteiger partial charge on any atom is -0.357 e. The van der Waals surface area contributed by atoms with Crippen LogP contribution in [0.15, 0.2) is 48.5 Å². The third-order valence-corrected chi connectivity index (χ3v) is 5.10. The molecule has 0 saturated carbocycles. The van der Waals surface area contributed by atoms with Gasteiger partial charge in [-0.2, -0.15) is 0 Å². The van der Waals surface area contributed by atoms with Gasteiger partial charge >= 0.3 is 0 Å². The van der Waals surface area contributed by atoms with Gasteiger partial charge in [0.05, 0.1) is 0 Å². The Morgan fingerprint density at radius 3 is 2.22 bits per heavy atom. The highest BCUT2D eigenvalue weighted by molar-refractivity contribution is 5.98. The molecule has 1 fully saturated rings. The Hall–Kier alpha value is -2.66. The molecule has 0 spiro atoms. The Morgan fingerprint density at radius 2 is 1.67 bits per heavy atom. The lowest BCUT2D eigenvalue weighted by atomic mass is 10.0. The SMILES string of the molecule is CCCc1ccc(-c2ccc(C(=O)N3C[C@@H](N)C[C@H]3C(=O)NC)cc2)cc1. The number of nitrogens with two attached hydrogens (primary N) is 1. The number of carbonyl (C=O) groups excluding carboxylic acids is 2. The van der Waals surface area contributed by atoms with Crippen molar-refractivity contribution in [2.24, 2.45) is 5.73 Å². The Labute approximate surface area is 160 Å². The van der Waals surface area contributed by atoms with Gasteiger partial charge in [-0.3, -0.25) is 9.59 Å². The average Bonchev–Trinajstić information content (AvgIpc) is 3.09. The van der Waals surface area contributed by atoms with Crippen molar-refractivity contribution < 1.29 is 9.59 Å². The third-order valence-electron chi connectivity index (χ3n) is 5.10. The Morgan fingerprint density at radius 1 is 1.07 bits per heavy atom. The molecule has 2 aromatic carbocycles. The first-order valence-corrected chi connectivity index (χ1v) is 9.51. The third kappa shape index (κ3) is 4.19. The number of aryl methyl sites for hydroxylation is 1. The van der Waals surface area contributed by atoms with Crippen molar-refractivity contribution in [3.8, 4) is 11.1 Å². The van der Waals surface area contributed by atoms with Gasteiger partial charge in [-0.05, 0) is 41.7 Å². The van der Waals surface area contributed by atoms with E-state index in [0.29, 0.717) is 18.5 Å². The summed E-state index contributed by atoms with van der Waals surface area (Å²) in [6.45, 7) is 2.57. The van der Waals surface area contributed by atoms with Crippen LogP contribution in [0.2, 0.25) is 0 Å². The van der Waals surface area contributed by atoms with E-state index in [0.717, 1.165) is 24.0 Å². The Bertz CT molecular complexity index is 799. The summed E-state index contributed by atoms with van der Waals surface area (Å²) in [6, 6.07) is 15.4. The molecular formula is C22H27N3O2. The standard InChI is InChI=1S/C22H27N3O2/c1-3-4-15-5-7-16(8-6-15)17-9-11-18(12-10-17)22(27)25-14-19(23)13-20(25)21(26)24-2/h5-12,19-20H,3-4,13-14,23H2,1-2H3,(H,24,26)/t19-,20-/m0/s1. The Kier molecular flexibility index (Phi) is 5.91. The van der Waals surface area contributed by atoms with Crippen LogP contribution in [0.25, 0.3) is 11.1 Å². The van der Waals surface area contributed by atoms with Crippen molar-refractivity contribution in [3.63, 3.8) is 0 Å². The van der Waals surface area contributed by atoms with Gasteiger partial charge in [-0.15, -0.1) is 0 Å². The topological polar surface area (TPSA) is 75.4 Å². The Balaban J connectivity index is 1.76. The van der Waals surface area contributed by atoms with E-state index >= 15 is 0 Å². The molecule has 0 unspecified atom stereocenters. The van der Waals surface area contributed by atoms with E-state index < -0.39 is 6.04 Å². The fourth-order valence-corrected chi connectivity index (χ4v) is 3.63. The van der Waals surface area contributed by atoms with Crippen molar-refractivity contribution in [1.82, 2.24) is 10.2 Å². The van der Waals surface area contributed by atoms with Gasteiger partial charge in [-0.25, -0.2) is 0 Å². The maximum absolute atomic E-state index is 12.9. The van der Waals surface area contributed by atoms with Crippen LogP contribution in [0.3, 0.4) is 0 Å². The molecule has 5 nitrogen and oxygen atoms in total. The van der Waals surface area contributed by atoms with E-state index in [-0.39, 0.29) is 17.9 Å². The summed E-state index contributed by atoms with van der Waals surface area (Å²) in [5, 5.41) is 2.62. The monoisotopic (exact) mass is 365 g/mol. The second-order valence-electron chi connectivity index (χ2n) is 7.11. The van der Waals surface area contributed by atoms with Crippen LogP contribution in [0.1, 0.15) is 35.7 Å². The lowest BCUT2D eigenvalue weighted by Crippen LogP contribution is -2.45. The fourth-order valence-electron chi connectivity index (χ4n) is 3.63. The maximum atomic E-state index is 12.9. The highest BCUT2D eigenvalue weighted by Crippen LogP contribution is 2.24. The highest BCUT2D eigenvalue weighted by atomic mass is 16.2. The lowest BCUT2D eigenvalue weighted by molar-refractivity contribution is -0.124. The number of hydrogen-bond donors (Lipinski definition) is 2. The second-order valence-corrected chi connectivity index (χ2v) is 7.11. The number of hydrogen-bond acceptors (Lipinski definition) is 3. The summed E-state index contributed by atoms with van der Waals surface area (Å²) in [4.78, 5) is 26.5. The van der Waals surface area contributed by atoms with Gasteiger partial charge in [0.15, 0.2) is 0 Å². The molecule has 0 bridgehead atoms. The predicted molar refractivity (Wildman–Crippen MR) is 107 cm³/mol. The fraction of sp³-hybridized carbons (Fsp3) is 0.364. The summed E-state index contributed by atoms with van der Waals surface area (Å²) in [6.07, 6.45) is 2.71. The van der Waals surface area contributed by atoms with Crippen LogP contribution >= 0.6 is 0 Å². The van der Waals surface area contributed by atoms with Crippen LogP contribution in [-0.4, -0.2) is 42.4 Å². The zero-order valence-corrected chi connectivity index (χ0v) is 15.9. The lowest BCUT2D eigenvalue weighted by Gasteiger charge is -2.23. The van der Waals surface area contributed by atoms with Gasteiger partial charge in [-0.1, -0.05) is 49.7 Å². The van der Waals surface area contributed by atoms with Crippen molar-refractivity contribution in [2.75, 3.05) is 13.6 Å². The van der Waals surface area contributed by atoms with Crippen LogP contribution in [-0.2, 0) is 11.2 Å². The van der Waals surface area contributed by atoms with Gasteiger partial charge < -0.3 is 16.0 Å². The molecule has 5 heteroatoms. The first kappa shape index (κ1) is 19.1. The molecule has 3 rings (SSSR count). The summed E-state index contributed by atoms with van der Waals surface area (Å²) in [7, 11) is 1.58. The number of amides is 2. The largest absolute Gasteiger partial charge is 0.357 e. The van der Waals surface area contributed by atoms with Gasteiger partial charge in [0.2, 0.25) is 5.91 Å². The van der Waals surface area contributed by atoms with Gasteiger partial charge in [0, 0.05) is 25.2 Å². The second kappa shape index (κ2) is 8.35. The molecule has 2 amide bonds. The molecule has 0 radical (unpaired) electrons. The van der Waals surface area contributed by atoms with Crippen molar-refractivity contribution in [2.45, 2.75) is 38.3 Å². The van der Waals surface area contributed by atoms with Crippen molar-refractivity contribution in [3.05, 3.63) is 59.7 Å². The summed E-state index contributed by atoms with van der Waals surface area (Å²) >= 11 is 0. The molecule has 0 aliphatic carbocycles. The number of likely N-dealkylation sites (N-methyl/N-ethyl adjacent to an activating group) is 1. The predicted octanol–water partition coefficient (Wildman–Crippen LogP) is 2.59. The van der Waals surface area contributed by atoms with Crippen LogP contribution in [0.5, 0.6) is 0 Å². The minimum absolute atomic E-state index is 0.151. The smallest absolute Gasteiger partial charge is 0.254 e. The summed E-state index contributed by atoms with van der Waals surface area (Å²) in [5.74, 6) is -0.318. The van der Waals surface area contributed by atoms with Crippen molar-refractivity contribution >= 4 is 11.8 Å². The van der Waals surface area contributed by atoms with Gasteiger partial charge in [0.1, 0.15) is 6.04 Å². The zero-order valence-electron chi connectivity index (χ0n) is 15.9. The first-order chi connectivity index (χ1) is 13.0. The van der Waals surface area contributed by atoms with E-state index in [1.54, 1.807) is 11.9 Å². The molecule has 2 atom stereocenters. The summed E-state index contributed by atoms with van der Waals surface area (Å²) < 4.78 is 0. The van der Waals surface area contributed by atoms with E-state index in [1.165, 1.54) is 5.56 Å². The maximum Gasteiger partial charge on any atom is 0.254 e. The van der Waals surface area contributed by atoms with Crippen LogP contribution in [0.4, 0.5) is 0 Å². The average molecular weight is 365 g/mol. The minimum atomic E-state index is -0.497. The quantitative estimate of drug-likeness (QED) is 0.855. The molecule has 142 valence electrons. The molecular weight excluding hydrogens is 338 g/mol. The van der Waals surface area contributed by atoms with E-state index in [4.69, 9.17) is 5.73 Å². The number of nitrogens with zero attached hydrogens (tertiary/aromatic N) is 1. The van der Waals surface area contributed by atoms with E-state index in [2.05, 4.69) is 36.5 Å². The molecule has 1 aliphatic heterocycles. The molecule has 1 saturated heterocycles. The summed E-state index contributed by atoms with van der Waals surface area (Å²) in [5.41, 5.74) is 10.1. The number of likely N-dealkylation sites (tertiary alicyclic amines) is 1. The number of benzene rings is 2. The van der Waals surface area contributed by atoms with Gasteiger partial charge in [0.25, 0.3) is 5.91 Å². The van der Waals surface area contributed by atoms with E-state index in [9.17, 15) is 9.59 Å². The van der Waals surface area contributed by atoms with Crippen molar-refractivity contribution in [1.29, 1.82) is 0 Å². The molecule has 27 heavy (non-hydrogen) atoms. The van der Waals surface area contributed by atoms with E-state index in [1.807, 2.05) is 24.3 Å². The first-order valence-electron chi connectivity index (χ1n) is 9.51. The normalized spacial score (nSPS) is 19.1. The number of rotatable bonds is 5. The molecule has 2 aromatic rings. The van der Waals surface area contributed by atoms with Crippen LogP contribution in [0, 0.1) is 0 Å². The number of carbonyl (C=O) groups is 2. The molecule has 1 aliphatic rings. The number of nitrogens with one attached hydrogen (secondary N) is 1. The van der Waals surface area contributed by atoms with Crippen LogP contribution < -0.4 is 11.1 Å². The molecule has 1 heterocycles. The molecule has 3 N–H and O–H groups in total.